The normalized spacial score (nSPS) is 22.9. The summed E-state index contributed by atoms with van der Waals surface area (Å²) < 4.78 is 14.0. The molecule has 1 saturated heterocycles. The summed E-state index contributed by atoms with van der Waals surface area (Å²) in [6, 6.07) is 4.49. The largest absolute Gasteiger partial charge is 0.388 e. The van der Waals surface area contributed by atoms with Crippen LogP contribution in [0.25, 0.3) is 0 Å². The second kappa shape index (κ2) is 6.22. The minimum absolute atomic E-state index is 0.0149. The van der Waals surface area contributed by atoms with E-state index in [1.165, 1.54) is 12.1 Å². The van der Waals surface area contributed by atoms with Crippen LogP contribution < -0.4 is 0 Å². The number of aliphatic hydroxyl groups is 1. The topological polar surface area (TPSA) is 40.5 Å². The zero-order valence-corrected chi connectivity index (χ0v) is 13.1. The van der Waals surface area contributed by atoms with Gasteiger partial charge in [0.2, 0.25) is 5.91 Å². The number of likely N-dealkylation sites (tertiary alicyclic amines) is 1. The van der Waals surface area contributed by atoms with Gasteiger partial charge in [-0.05, 0) is 49.9 Å². The summed E-state index contributed by atoms with van der Waals surface area (Å²) in [5.41, 5.74) is 0.00925. The molecule has 20 heavy (non-hydrogen) atoms. The molecule has 1 amide bonds. The first-order valence-electron chi connectivity index (χ1n) is 6.81. The van der Waals surface area contributed by atoms with Gasteiger partial charge in [-0.3, -0.25) is 4.79 Å². The summed E-state index contributed by atoms with van der Waals surface area (Å²) in [7, 11) is 0. The summed E-state index contributed by atoms with van der Waals surface area (Å²) >= 11 is 3.36. The van der Waals surface area contributed by atoms with Gasteiger partial charge in [0.05, 0.1) is 5.60 Å². The third-order valence-electron chi connectivity index (χ3n) is 3.64. The Bertz CT molecular complexity index is 505. The Morgan fingerprint density at radius 2 is 2.30 bits per heavy atom. The first-order valence-corrected chi connectivity index (χ1v) is 7.61. The van der Waals surface area contributed by atoms with E-state index in [1.54, 1.807) is 17.9 Å². The lowest BCUT2D eigenvalue weighted by molar-refractivity contribution is -0.137. The molecule has 2 rings (SSSR count). The average molecular weight is 344 g/mol. The van der Waals surface area contributed by atoms with E-state index in [2.05, 4.69) is 15.9 Å². The molecule has 0 radical (unpaired) electrons. The van der Waals surface area contributed by atoms with E-state index in [0.29, 0.717) is 25.9 Å². The zero-order valence-electron chi connectivity index (χ0n) is 11.5. The molecule has 3 nitrogen and oxygen atoms in total. The van der Waals surface area contributed by atoms with Crippen molar-refractivity contribution in [2.75, 3.05) is 13.1 Å². The van der Waals surface area contributed by atoms with E-state index >= 15 is 0 Å². The van der Waals surface area contributed by atoms with Gasteiger partial charge >= 0.3 is 0 Å². The molecule has 1 atom stereocenters. The number of hydrogen-bond acceptors (Lipinski definition) is 2. The van der Waals surface area contributed by atoms with E-state index in [9.17, 15) is 14.3 Å². The minimum atomic E-state index is -0.784. The van der Waals surface area contributed by atoms with E-state index < -0.39 is 5.60 Å². The fourth-order valence-electron chi connectivity index (χ4n) is 2.57. The number of nitrogens with zero attached hydrogens (tertiary/aromatic N) is 1. The van der Waals surface area contributed by atoms with Crippen molar-refractivity contribution in [1.82, 2.24) is 4.90 Å². The van der Waals surface area contributed by atoms with E-state index in [0.717, 1.165) is 22.9 Å². The average Bonchev–Trinajstić information content (AvgIpc) is 2.38. The number of amides is 1. The summed E-state index contributed by atoms with van der Waals surface area (Å²) in [6.07, 6.45) is 2.38. The van der Waals surface area contributed by atoms with Crippen molar-refractivity contribution in [2.24, 2.45) is 0 Å². The highest BCUT2D eigenvalue weighted by atomic mass is 79.9. The van der Waals surface area contributed by atoms with Crippen molar-refractivity contribution < 1.29 is 14.3 Å². The lowest BCUT2D eigenvalue weighted by Gasteiger charge is -2.36. The molecule has 1 aliphatic rings. The Kier molecular flexibility index (Phi) is 4.81. The molecular weight excluding hydrogens is 325 g/mol. The highest BCUT2D eigenvalue weighted by Gasteiger charge is 2.30. The molecule has 1 N–H and O–H groups in total. The van der Waals surface area contributed by atoms with Crippen LogP contribution in [0.1, 0.15) is 31.7 Å². The fraction of sp³-hybridized carbons (Fsp3) is 0.533. The van der Waals surface area contributed by atoms with Gasteiger partial charge in [0, 0.05) is 24.0 Å². The Morgan fingerprint density at radius 3 is 3.00 bits per heavy atom. The maximum Gasteiger partial charge on any atom is 0.222 e. The first-order chi connectivity index (χ1) is 9.37. The third-order valence-corrected chi connectivity index (χ3v) is 4.42. The van der Waals surface area contributed by atoms with Gasteiger partial charge in [-0.1, -0.05) is 15.9 Å². The predicted molar refractivity (Wildman–Crippen MR) is 78.9 cm³/mol. The van der Waals surface area contributed by atoms with Crippen LogP contribution in [-0.4, -0.2) is 34.6 Å². The Balaban J connectivity index is 1.93. The molecule has 1 aromatic carbocycles. The van der Waals surface area contributed by atoms with E-state index in [-0.39, 0.29) is 11.7 Å². The van der Waals surface area contributed by atoms with Gasteiger partial charge in [0.1, 0.15) is 5.82 Å². The van der Waals surface area contributed by atoms with Crippen molar-refractivity contribution in [1.29, 1.82) is 0 Å². The molecule has 1 heterocycles. The second-order valence-electron chi connectivity index (χ2n) is 5.65. The maximum atomic E-state index is 13.2. The second-order valence-corrected chi connectivity index (χ2v) is 6.51. The van der Waals surface area contributed by atoms with Crippen molar-refractivity contribution in [3.63, 3.8) is 0 Å². The predicted octanol–water partition coefficient (Wildman–Crippen LogP) is 2.89. The maximum absolute atomic E-state index is 13.2. The van der Waals surface area contributed by atoms with Gasteiger partial charge in [-0.25, -0.2) is 4.39 Å². The van der Waals surface area contributed by atoms with Crippen LogP contribution in [0, 0.1) is 5.82 Å². The number of piperidine rings is 1. The van der Waals surface area contributed by atoms with Crippen molar-refractivity contribution in [3.05, 3.63) is 34.1 Å². The van der Waals surface area contributed by atoms with Gasteiger partial charge in [-0.2, -0.15) is 0 Å². The summed E-state index contributed by atoms with van der Waals surface area (Å²) in [6.45, 7) is 2.84. The van der Waals surface area contributed by atoms with Crippen molar-refractivity contribution in [2.45, 2.75) is 38.2 Å². The molecule has 0 aliphatic carbocycles. The van der Waals surface area contributed by atoms with Crippen LogP contribution in [-0.2, 0) is 11.2 Å². The number of benzene rings is 1. The van der Waals surface area contributed by atoms with Gasteiger partial charge in [0.25, 0.3) is 0 Å². The van der Waals surface area contributed by atoms with Gasteiger partial charge in [0.15, 0.2) is 0 Å². The van der Waals surface area contributed by atoms with Crippen LogP contribution in [0.3, 0.4) is 0 Å². The summed E-state index contributed by atoms with van der Waals surface area (Å²) in [4.78, 5) is 13.9. The Morgan fingerprint density at radius 1 is 1.55 bits per heavy atom. The lowest BCUT2D eigenvalue weighted by atomic mass is 9.95. The van der Waals surface area contributed by atoms with Crippen LogP contribution >= 0.6 is 15.9 Å². The molecule has 1 unspecified atom stereocenters. The first kappa shape index (κ1) is 15.4. The number of β-amino-alcohol motifs (C(OH)–C–C–N with tert-alkyl or cyclic N) is 1. The summed E-state index contributed by atoms with van der Waals surface area (Å²) in [5, 5.41) is 10.0. The van der Waals surface area contributed by atoms with Crippen LogP contribution in [0.15, 0.2) is 22.7 Å². The molecule has 1 aromatic rings. The van der Waals surface area contributed by atoms with Crippen LogP contribution in [0.5, 0.6) is 0 Å². The molecule has 1 aliphatic heterocycles. The molecule has 0 aromatic heterocycles. The van der Waals surface area contributed by atoms with E-state index in [1.807, 2.05) is 0 Å². The monoisotopic (exact) mass is 343 g/mol. The molecule has 0 bridgehead atoms. The minimum Gasteiger partial charge on any atom is -0.388 e. The molecule has 0 saturated carbocycles. The van der Waals surface area contributed by atoms with Gasteiger partial charge in [-0.15, -0.1) is 0 Å². The van der Waals surface area contributed by atoms with Crippen molar-refractivity contribution >= 4 is 21.8 Å². The molecule has 0 spiro atoms. The number of halogens is 2. The Hall–Kier alpha value is -0.940. The summed E-state index contributed by atoms with van der Waals surface area (Å²) in [5.74, 6) is -0.280. The SMILES string of the molecule is CC1(O)CCCN(C(=O)CCc2cc(F)ccc2Br)C1. The highest BCUT2D eigenvalue weighted by Crippen LogP contribution is 2.23. The van der Waals surface area contributed by atoms with Crippen LogP contribution in [0.4, 0.5) is 4.39 Å². The lowest BCUT2D eigenvalue weighted by Crippen LogP contribution is -2.48. The quantitative estimate of drug-likeness (QED) is 0.916. The smallest absolute Gasteiger partial charge is 0.222 e. The number of rotatable bonds is 3. The molecule has 110 valence electrons. The van der Waals surface area contributed by atoms with Crippen molar-refractivity contribution in [3.8, 4) is 0 Å². The number of carbonyl (C=O) groups excluding carboxylic acids is 1. The molecular formula is C15H19BrFNO2. The van der Waals surface area contributed by atoms with Crippen LogP contribution in [0.2, 0.25) is 0 Å². The fourth-order valence-corrected chi connectivity index (χ4v) is 3.01. The van der Waals surface area contributed by atoms with Gasteiger partial charge < -0.3 is 10.0 Å². The highest BCUT2D eigenvalue weighted by molar-refractivity contribution is 9.10. The third kappa shape index (κ3) is 4.03. The number of hydrogen-bond donors (Lipinski definition) is 1. The Labute approximate surface area is 126 Å². The number of aryl methyl sites for hydroxylation is 1. The number of carbonyl (C=O) groups is 1. The molecule has 5 heteroatoms. The van der Waals surface area contributed by atoms with E-state index in [4.69, 9.17) is 0 Å². The standard InChI is InChI=1S/C15H19BrFNO2/c1-15(20)7-2-8-18(10-15)14(19)6-3-11-9-12(17)4-5-13(11)16/h4-5,9,20H,2-3,6-8,10H2,1H3. The zero-order chi connectivity index (χ0) is 14.8. The molecule has 1 fully saturated rings.